The number of aliphatic hydroxyl groups excluding tert-OH is 1. The number of hydrogen-bond acceptors (Lipinski definition) is 3. The van der Waals surface area contributed by atoms with E-state index in [0.29, 0.717) is 0 Å². The average Bonchev–Trinajstić information content (AvgIpc) is 2.36. The average molecular weight is 272 g/mol. The van der Waals surface area contributed by atoms with Crippen LogP contribution < -0.4 is 0 Å². The fourth-order valence-corrected chi connectivity index (χ4v) is 5.53. The highest BCUT2D eigenvalue weighted by Crippen LogP contribution is 2.60. The molecule has 0 aromatic carbocycles. The molecule has 4 aliphatic rings. The van der Waals surface area contributed by atoms with Crippen molar-refractivity contribution in [1.82, 2.24) is 9.97 Å². The SMILES string of the molecule is Cc1nc(C23CC4CC(CC(C4)C2)C3)ncc1C(C)O. The summed E-state index contributed by atoms with van der Waals surface area (Å²) in [7, 11) is 0. The summed E-state index contributed by atoms with van der Waals surface area (Å²) < 4.78 is 0. The van der Waals surface area contributed by atoms with E-state index in [-0.39, 0.29) is 5.41 Å². The van der Waals surface area contributed by atoms with Gasteiger partial charge in [0.25, 0.3) is 0 Å². The van der Waals surface area contributed by atoms with E-state index in [4.69, 9.17) is 4.98 Å². The summed E-state index contributed by atoms with van der Waals surface area (Å²) in [6, 6.07) is 0. The van der Waals surface area contributed by atoms with E-state index in [0.717, 1.165) is 34.8 Å². The van der Waals surface area contributed by atoms with Crippen molar-refractivity contribution in [3.63, 3.8) is 0 Å². The van der Waals surface area contributed by atoms with Crippen molar-refractivity contribution in [3.8, 4) is 0 Å². The van der Waals surface area contributed by atoms with E-state index in [1.54, 1.807) is 6.92 Å². The summed E-state index contributed by atoms with van der Waals surface area (Å²) >= 11 is 0. The summed E-state index contributed by atoms with van der Waals surface area (Å²) in [5.74, 6) is 3.82. The predicted octanol–water partition coefficient (Wildman–Crippen LogP) is 3.31. The second kappa shape index (κ2) is 4.27. The molecule has 1 aromatic rings. The van der Waals surface area contributed by atoms with Gasteiger partial charge < -0.3 is 5.11 Å². The molecule has 1 N–H and O–H groups in total. The molecule has 1 unspecified atom stereocenters. The quantitative estimate of drug-likeness (QED) is 0.898. The van der Waals surface area contributed by atoms with Gasteiger partial charge in [0.05, 0.1) is 6.10 Å². The molecule has 4 aliphatic carbocycles. The van der Waals surface area contributed by atoms with Gasteiger partial charge in [-0.1, -0.05) is 0 Å². The van der Waals surface area contributed by atoms with Gasteiger partial charge in [0.1, 0.15) is 5.82 Å². The molecule has 0 saturated heterocycles. The Kier molecular flexibility index (Phi) is 2.72. The Labute approximate surface area is 120 Å². The maximum atomic E-state index is 9.75. The molecule has 3 heteroatoms. The minimum absolute atomic E-state index is 0.261. The summed E-state index contributed by atoms with van der Waals surface area (Å²) in [5.41, 5.74) is 2.09. The lowest BCUT2D eigenvalue weighted by molar-refractivity contribution is -0.00955. The van der Waals surface area contributed by atoms with Crippen LogP contribution in [0, 0.1) is 24.7 Å². The second-order valence-corrected chi connectivity index (χ2v) is 7.61. The molecule has 0 aliphatic heterocycles. The van der Waals surface area contributed by atoms with Crippen molar-refractivity contribution in [2.45, 2.75) is 63.9 Å². The van der Waals surface area contributed by atoms with Crippen LogP contribution in [0.4, 0.5) is 0 Å². The van der Waals surface area contributed by atoms with Crippen LogP contribution in [-0.4, -0.2) is 15.1 Å². The third-order valence-corrected chi connectivity index (χ3v) is 5.98. The first-order chi connectivity index (χ1) is 9.56. The first kappa shape index (κ1) is 12.8. The van der Waals surface area contributed by atoms with Crippen LogP contribution in [0.25, 0.3) is 0 Å². The molecule has 4 bridgehead atoms. The normalized spacial score (nSPS) is 40.0. The summed E-state index contributed by atoms with van der Waals surface area (Å²) in [4.78, 5) is 9.49. The van der Waals surface area contributed by atoms with Gasteiger partial charge >= 0.3 is 0 Å². The molecule has 3 nitrogen and oxygen atoms in total. The van der Waals surface area contributed by atoms with E-state index in [1.807, 2.05) is 13.1 Å². The number of hydrogen-bond donors (Lipinski definition) is 1. The topological polar surface area (TPSA) is 46.0 Å². The van der Waals surface area contributed by atoms with Crippen molar-refractivity contribution < 1.29 is 5.11 Å². The second-order valence-electron chi connectivity index (χ2n) is 7.61. The zero-order chi connectivity index (χ0) is 13.9. The monoisotopic (exact) mass is 272 g/mol. The largest absolute Gasteiger partial charge is 0.389 e. The number of aryl methyl sites for hydroxylation is 1. The molecule has 20 heavy (non-hydrogen) atoms. The van der Waals surface area contributed by atoms with Crippen LogP contribution in [0.5, 0.6) is 0 Å². The first-order valence-corrected chi connectivity index (χ1v) is 8.08. The van der Waals surface area contributed by atoms with Crippen molar-refractivity contribution >= 4 is 0 Å². The van der Waals surface area contributed by atoms with Gasteiger partial charge in [0.15, 0.2) is 0 Å². The Hall–Kier alpha value is -0.960. The zero-order valence-electron chi connectivity index (χ0n) is 12.5. The third-order valence-electron chi connectivity index (χ3n) is 5.98. The maximum Gasteiger partial charge on any atom is 0.134 e. The van der Waals surface area contributed by atoms with Gasteiger partial charge in [-0.25, -0.2) is 9.97 Å². The van der Waals surface area contributed by atoms with Crippen molar-refractivity contribution in [3.05, 3.63) is 23.3 Å². The number of aliphatic hydroxyl groups is 1. The van der Waals surface area contributed by atoms with Gasteiger partial charge in [0.2, 0.25) is 0 Å². The van der Waals surface area contributed by atoms with Crippen LogP contribution >= 0.6 is 0 Å². The van der Waals surface area contributed by atoms with Crippen LogP contribution in [0.1, 0.15) is 68.6 Å². The lowest BCUT2D eigenvalue weighted by Crippen LogP contribution is -2.49. The fourth-order valence-electron chi connectivity index (χ4n) is 5.53. The fraction of sp³-hybridized carbons (Fsp3) is 0.765. The van der Waals surface area contributed by atoms with E-state index in [1.165, 1.54) is 38.5 Å². The standard InChI is InChI=1S/C17H24N2O/c1-10-15(11(2)20)9-18-16(19-10)17-6-12-3-13(7-17)5-14(4-12)8-17/h9,11-14,20H,3-8H2,1-2H3. The van der Waals surface area contributed by atoms with Crippen molar-refractivity contribution in [2.75, 3.05) is 0 Å². The van der Waals surface area contributed by atoms with E-state index in [2.05, 4.69) is 4.98 Å². The molecular formula is C17H24N2O. The molecule has 1 atom stereocenters. The lowest BCUT2D eigenvalue weighted by atomic mass is 9.49. The summed E-state index contributed by atoms with van der Waals surface area (Å²) in [6.45, 7) is 3.80. The summed E-state index contributed by atoms with van der Waals surface area (Å²) in [5, 5.41) is 9.75. The third kappa shape index (κ3) is 1.82. The van der Waals surface area contributed by atoms with Gasteiger partial charge in [-0.15, -0.1) is 0 Å². The minimum atomic E-state index is -0.472. The molecular weight excluding hydrogens is 248 g/mol. The highest BCUT2D eigenvalue weighted by Gasteiger charge is 2.53. The summed E-state index contributed by atoms with van der Waals surface area (Å²) in [6.07, 6.45) is 9.63. The Bertz CT molecular complexity index is 503. The van der Waals surface area contributed by atoms with Gasteiger partial charge in [-0.2, -0.15) is 0 Å². The smallest absolute Gasteiger partial charge is 0.134 e. The number of rotatable bonds is 2. The lowest BCUT2D eigenvalue weighted by Gasteiger charge is -2.56. The zero-order valence-corrected chi connectivity index (χ0v) is 12.5. The van der Waals surface area contributed by atoms with Crippen LogP contribution in [-0.2, 0) is 5.41 Å². The molecule has 1 aromatic heterocycles. The molecule has 1 heterocycles. The van der Waals surface area contributed by atoms with Crippen molar-refractivity contribution in [2.24, 2.45) is 17.8 Å². The van der Waals surface area contributed by atoms with Gasteiger partial charge in [0, 0.05) is 22.9 Å². The number of nitrogens with zero attached hydrogens (tertiary/aromatic N) is 2. The minimum Gasteiger partial charge on any atom is -0.389 e. The predicted molar refractivity (Wildman–Crippen MR) is 77.3 cm³/mol. The number of aromatic nitrogens is 2. The van der Waals surface area contributed by atoms with E-state index in [9.17, 15) is 5.11 Å². The highest BCUT2D eigenvalue weighted by molar-refractivity contribution is 5.24. The van der Waals surface area contributed by atoms with Gasteiger partial charge in [-0.05, 0) is 70.1 Å². The Morgan fingerprint density at radius 3 is 2.15 bits per heavy atom. The Balaban J connectivity index is 1.72. The molecule has 0 amide bonds. The molecule has 108 valence electrons. The molecule has 0 radical (unpaired) electrons. The van der Waals surface area contributed by atoms with Crippen LogP contribution in [0.2, 0.25) is 0 Å². The van der Waals surface area contributed by atoms with Crippen LogP contribution in [0.3, 0.4) is 0 Å². The molecule has 0 spiro atoms. The molecule has 5 rings (SSSR count). The highest BCUT2D eigenvalue weighted by atomic mass is 16.3. The molecule has 4 fully saturated rings. The maximum absolute atomic E-state index is 9.75. The van der Waals surface area contributed by atoms with Crippen molar-refractivity contribution in [1.29, 1.82) is 0 Å². The van der Waals surface area contributed by atoms with Gasteiger partial charge in [-0.3, -0.25) is 0 Å². The molecule has 4 saturated carbocycles. The first-order valence-electron chi connectivity index (χ1n) is 8.08. The van der Waals surface area contributed by atoms with Crippen LogP contribution in [0.15, 0.2) is 6.20 Å². The van der Waals surface area contributed by atoms with E-state index < -0.39 is 6.10 Å². The Morgan fingerprint density at radius 1 is 1.15 bits per heavy atom. The van der Waals surface area contributed by atoms with E-state index >= 15 is 0 Å². The Morgan fingerprint density at radius 2 is 1.70 bits per heavy atom.